The van der Waals surface area contributed by atoms with Gasteiger partial charge in [-0.05, 0) is 29.8 Å². The number of rotatable bonds is 9. The van der Waals surface area contributed by atoms with Crippen LogP contribution in [0.2, 0.25) is 0 Å². The Kier molecular flexibility index (Phi) is 8.06. The molecule has 2 amide bonds. The fraction of sp³-hybridized carbons (Fsp3) is 0.190. The van der Waals surface area contributed by atoms with Gasteiger partial charge < -0.3 is 20.3 Å². The highest BCUT2D eigenvalue weighted by atomic mass is 79.9. The molecule has 3 rings (SSSR count). The number of nitrogens with one attached hydrogen (secondary N) is 2. The minimum Gasteiger partial charge on any atom is -0.390 e. The third-order valence-electron chi connectivity index (χ3n) is 4.16. The van der Waals surface area contributed by atoms with E-state index in [-0.39, 0.29) is 30.7 Å². The Morgan fingerprint density at radius 2 is 1.80 bits per heavy atom. The molecule has 0 radical (unpaired) electrons. The van der Waals surface area contributed by atoms with Crippen LogP contribution in [-0.2, 0) is 29.3 Å². The molecule has 0 aliphatic rings. The summed E-state index contributed by atoms with van der Waals surface area (Å²) in [4.78, 5) is 28.9. The van der Waals surface area contributed by atoms with E-state index in [1.165, 1.54) is 18.0 Å². The number of halogens is 1. The van der Waals surface area contributed by atoms with Crippen molar-refractivity contribution >= 4 is 45.2 Å². The number of imidazole rings is 1. The number of thioether (sulfide) groups is 1. The van der Waals surface area contributed by atoms with Gasteiger partial charge in [0.1, 0.15) is 6.54 Å². The molecule has 3 N–H and O–H groups in total. The van der Waals surface area contributed by atoms with Gasteiger partial charge in [0.05, 0.1) is 24.3 Å². The van der Waals surface area contributed by atoms with Gasteiger partial charge in [-0.25, -0.2) is 4.98 Å². The minimum absolute atomic E-state index is 0.0133. The lowest BCUT2D eigenvalue weighted by molar-refractivity contribution is -0.122. The molecule has 3 aromatic rings. The zero-order chi connectivity index (χ0) is 21.3. The summed E-state index contributed by atoms with van der Waals surface area (Å²) in [6, 6.07) is 16.9. The zero-order valence-corrected chi connectivity index (χ0v) is 18.4. The average molecular weight is 489 g/mol. The topological polar surface area (TPSA) is 96.2 Å². The summed E-state index contributed by atoms with van der Waals surface area (Å²) in [5.41, 5.74) is 2.21. The minimum atomic E-state index is -0.245. The predicted octanol–water partition coefficient (Wildman–Crippen LogP) is 3.19. The molecule has 156 valence electrons. The third kappa shape index (κ3) is 6.45. The molecule has 30 heavy (non-hydrogen) atoms. The molecule has 0 bridgehead atoms. The number of nitrogens with zero attached hydrogens (tertiary/aromatic N) is 2. The van der Waals surface area contributed by atoms with Gasteiger partial charge in [0, 0.05) is 16.7 Å². The number of aromatic nitrogens is 2. The summed E-state index contributed by atoms with van der Waals surface area (Å²) in [6.07, 6.45) is 1.51. The molecular weight excluding hydrogens is 468 g/mol. The van der Waals surface area contributed by atoms with E-state index < -0.39 is 0 Å². The molecule has 0 aliphatic carbocycles. The van der Waals surface area contributed by atoms with Crippen molar-refractivity contribution in [3.05, 3.63) is 76.5 Å². The van der Waals surface area contributed by atoms with E-state index in [0.717, 1.165) is 10.0 Å². The van der Waals surface area contributed by atoms with Crippen LogP contribution in [0.15, 0.2) is 70.4 Å². The first-order valence-electron chi connectivity index (χ1n) is 9.19. The molecule has 0 fully saturated rings. The standard InChI is InChI=1S/C21H21BrN4O3S/c22-16-6-8-17(9-7-16)25-20(29)14-30-21-24-11-18(13-27)26(21)12-19(28)23-10-15-4-2-1-3-5-15/h1-9,11,27H,10,12-14H2,(H,23,28)(H,25,29). The van der Waals surface area contributed by atoms with Crippen molar-refractivity contribution in [1.82, 2.24) is 14.9 Å². The lowest BCUT2D eigenvalue weighted by Gasteiger charge is -2.11. The summed E-state index contributed by atoms with van der Waals surface area (Å²) in [5, 5.41) is 15.7. The van der Waals surface area contributed by atoms with Gasteiger partial charge in [0.2, 0.25) is 11.8 Å². The molecule has 0 saturated carbocycles. The number of anilines is 1. The first-order chi connectivity index (χ1) is 14.5. The van der Waals surface area contributed by atoms with Crippen molar-refractivity contribution in [1.29, 1.82) is 0 Å². The lowest BCUT2D eigenvalue weighted by atomic mass is 10.2. The highest BCUT2D eigenvalue weighted by Gasteiger charge is 2.15. The number of aliphatic hydroxyl groups excluding tert-OH is 1. The number of amides is 2. The molecule has 0 spiro atoms. The first kappa shape index (κ1) is 22.1. The summed E-state index contributed by atoms with van der Waals surface area (Å²) in [5.74, 6) is -0.257. The Morgan fingerprint density at radius 1 is 1.07 bits per heavy atom. The maximum atomic E-state index is 12.4. The second-order valence-corrected chi connectivity index (χ2v) is 8.24. The molecule has 1 heterocycles. The van der Waals surface area contributed by atoms with Crippen LogP contribution >= 0.6 is 27.7 Å². The van der Waals surface area contributed by atoms with Crippen molar-refractivity contribution in [2.45, 2.75) is 24.9 Å². The number of hydrogen-bond acceptors (Lipinski definition) is 5. The van der Waals surface area contributed by atoms with Gasteiger partial charge >= 0.3 is 0 Å². The van der Waals surface area contributed by atoms with Crippen molar-refractivity contribution in [3.63, 3.8) is 0 Å². The van der Waals surface area contributed by atoms with E-state index in [2.05, 4.69) is 31.5 Å². The van der Waals surface area contributed by atoms with Crippen LogP contribution in [0.5, 0.6) is 0 Å². The van der Waals surface area contributed by atoms with Crippen LogP contribution in [0.3, 0.4) is 0 Å². The Hall–Kier alpha value is -2.62. The fourth-order valence-electron chi connectivity index (χ4n) is 2.66. The van der Waals surface area contributed by atoms with E-state index >= 15 is 0 Å². The van der Waals surface area contributed by atoms with Gasteiger partial charge in [-0.1, -0.05) is 58.0 Å². The predicted molar refractivity (Wildman–Crippen MR) is 120 cm³/mol. The Labute approximate surface area is 187 Å². The number of hydrogen-bond donors (Lipinski definition) is 3. The molecule has 0 saturated heterocycles. The smallest absolute Gasteiger partial charge is 0.240 e. The van der Waals surface area contributed by atoms with E-state index in [1.54, 1.807) is 16.7 Å². The Bertz CT molecular complexity index is 993. The largest absolute Gasteiger partial charge is 0.390 e. The van der Waals surface area contributed by atoms with E-state index in [4.69, 9.17) is 0 Å². The average Bonchev–Trinajstić information content (AvgIpc) is 3.14. The van der Waals surface area contributed by atoms with Crippen molar-refractivity contribution in [2.75, 3.05) is 11.1 Å². The number of aliphatic hydroxyl groups is 1. The van der Waals surface area contributed by atoms with Crippen LogP contribution in [0.25, 0.3) is 0 Å². The van der Waals surface area contributed by atoms with Crippen LogP contribution in [0, 0.1) is 0 Å². The van der Waals surface area contributed by atoms with Gasteiger partial charge in [0.15, 0.2) is 5.16 Å². The van der Waals surface area contributed by atoms with Crippen molar-refractivity contribution < 1.29 is 14.7 Å². The van der Waals surface area contributed by atoms with Gasteiger partial charge in [0.25, 0.3) is 0 Å². The number of benzene rings is 2. The molecule has 9 heteroatoms. The quantitative estimate of drug-likeness (QED) is 0.402. The molecule has 7 nitrogen and oxygen atoms in total. The number of carbonyl (C=O) groups is 2. The second kappa shape index (κ2) is 11.0. The van der Waals surface area contributed by atoms with E-state index in [1.807, 2.05) is 42.5 Å². The van der Waals surface area contributed by atoms with Gasteiger partial charge in [-0.15, -0.1) is 0 Å². The van der Waals surface area contributed by atoms with Crippen LogP contribution in [0.1, 0.15) is 11.3 Å². The Balaban J connectivity index is 1.56. The summed E-state index contributed by atoms with van der Waals surface area (Å²) >= 11 is 4.56. The number of carbonyl (C=O) groups excluding carboxylic acids is 2. The summed E-state index contributed by atoms with van der Waals surface area (Å²) in [7, 11) is 0. The molecule has 0 unspecified atom stereocenters. The summed E-state index contributed by atoms with van der Waals surface area (Å²) in [6.45, 7) is 0.185. The second-order valence-electron chi connectivity index (χ2n) is 6.38. The monoisotopic (exact) mass is 488 g/mol. The van der Waals surface area contributed by atoms with E-state index in [0.29, 0.717) is 23.1 Å². The molecule has 1 aromatic heterocycles. The third-order valence-corrected chi connectivity index (χ3v) is 5.68. The van der Waals surface area contributed by atoms with E-state index in [9.17, 15) is 14.7 Å². The molecule has 2 aromatic carbocycles. The highest BCUT2D eigenvalue weighted by Crippen LogP contribution is 2.20. The van der Waals surface area contributed by atoms with Crippen LogP contribution in [0.4, 0.5) is 5.69 Å². The first-order valence-corrected chi connectivity index (χ1v) is 11.0. The Morgan fingerprint density at radius 3 is 2.50 bits per heavy atom. The zero-order valence-electron chi connectivity index (χ0n) is 16.0. The molecule has 0 aliphatic heterocycles. The van der Waals surface area contributed by atoms with Gasteiger partial charge in [-0.3, -0.25) is 9.59 Å². The normalized spacial score (nSPS) is 10.6. The molecule has 0 atom stereocenters. The highest BCUT2D eigenvalue weighted by molar-refractivity contribution is 9.10. The molecular formula is C21H21BrN4O3S. The van der Waals surface area contributed by atoms with Crippen LogP contribution in [-0.4, -0.2) is 32.2 Å². The van der Waals surface area contributed by atoms with Crippen LogP contribution < -0.4 is 10.6 Å². The van der Waals surface area contributed by atoms with Crippen molar-refractivity contribution in [2.24, 2.45) is 0 Å². The maximum absolute atomic E-state index is 12.4. The lowest BCUT2D eigenvalue weighted by Crippen LogP contribution is -2.28. The van der Waals surface area contributed by atoms with Gasteiger partial charge in [-0.2, -0.15) is 0 Å². The fourth-order valence-corrected chi connectivity index (χ4v) is 3.72. The van der Waals surface area contributed by atoms with Crippen molar-refractivity contribution in [3.8, 4) is 0 Å². The summed E-state index contributed by atoms with van der Waals surface area (Å²) < 4.78 is 2.55. The maximum Gasteiger partial charge on any atom is 0.240 e. The SMILES string of the molecule is O=C(Cn1c(CO)cnc1SCC(=O)Nc1ccc(Br)cc1)NCc1ccccc1.